The Hall–Kier alpha value is -2.56. The third-order valence-corrected chi connectivity index (χ3v) is 3.27. The molecule has 0 aliphatic carbocycles. The van der Waals surface area contributed by atoms with Gasteiger partial charge in [0.05, 0.1) is 12.7 Å². The van der Waals surface area contributed by atoms with Gasteiger partial charge in [-0.05, 0) is 30.2 Å². The number of pyridine rings is 1. The molecular weight excluding hydrogens is 268 g/mol. The maximum absolute atomic E-state index is 12.2. The van der Waals surface area contributed by atoms with E-state index in [1.165, 1.54) is 18.3 Å². The van der Waals surface area contributed by atoms with Crippen LogP contribution in [0.15, 0.2) is 47.4 Å². The second-order valence-corrected chi connectivity index (χ2v) is 4.77. The number of amides is 1. The van der Waals surface area contributed by atoms with Crippen LogP contribution in [0.1, 0.15) is 15.9 Å². The standard InChI is InChI=1S/C16H18N2O3/c1-18(16(20)13-5-8-15(19)17-11-13)10-9-12-3-6-14(21-2)7-4-12/h3-8,11H,9-10H2,1-2H3,(H,17,19). The van der Waals surface area contributed by atoms with E-state index in [1.54, 1.807) is 19.1 Å². The van der Waals surface area contributed by atoms with Crippen molar-refractivity contribution in [3.63, 3.8) is 0 Å². The van der Waals surface area contributed by atoms with Crippen molar-refractivity contribution in [1.29, 1.82) is 0 Å². The van der Waals surface area contributed by atoms with Crippen molar-refractivity contribution in [2.45, 2.75) is 6.42 Å². The third kappa shape index (κ3) is 3.95. The molecule has 5 nitrogen and oxygen atoms in total. The van der Waals surface area contributed by atoms with Crippen LogP contribution in [-0.4, -0.2) is 36.5 Å². The van der Waals surface area contributed by atoms with Gasteiger partial charge in [-0.1, -0.05) is 12.1 Å². The number of carbonyl (C=O) groups excluding carboxylic acids is 1. The Bertz CT molecular complexity index is 641. The highest BCUT2D eigenvalue weighted by molar-refractivity contribution is 5.93. The smallest absolute Gasteiger partial charge is 0.255 e. The first-order chi connectivity index (χ1) is 10.1. The predicted octanol–water partition coefficient (Wildman–Crippen LogP) is 1.70. The van der Waals surface area contributed by atoms with Gasteiger partial charge in [0.1, 0.15) is 5.75 Å². The number of methoxy groups -OCH3 is 1. The average Bonchev–Trinajstić information content (AvgIpc) is 2.53. The van der Waals surface area contributed by atoms with Crippen molar-refractivity contribution < 1.29 is 9.53 Å². The number of aromatic amines is 1. The van der Waals surface area contributed by atoms with E-state index >= 15 is 0 Å². The first-order valence-corrected chi connectivity index (χ1v) is 6.67. The van der Waals surface area contributed by atoms with Gasteiger partial charge in [-0.2, -0.15) is 0 Å². The number of nitrogens with one attached hydrogen (secondary N) is 1. The second kappa shape index (κ2) is 6.74. The molecule has 21 heavy (non-hydrogen) atoms. The van der Waals surface area contributed by atoms with E-state index in [-0.39, 0.29) is 11.5 Å². The molecule has 0 radical (unpaired) electrons. The Balaban J connectivity index is 1.94. The van der Waals surface area contributed by atoms with Crippen LogP contribution in [0.25, 0.3) is 0 Å². The molecule has 0 saturated carbocycles. The summed E-state index contributed by atoms with van der Waals surface area (Å²) in [7, 11) is 3.38. The Morgan fingerprint density at radius 3 is 2.48 bits per heavy atom. The molecule has 1 aromatic heterocycles. The molecule has 2 aromatic rings. The fraction of sp³-hybridized carbons (Fsp3) is 0.250. The molecule has 0 saturated heterocycles. The Morgan fingerprint density at radius 1 is 1.19 bits per heavy atom. The fourth-order valence-electron chi connectivity index (χ4n) is 1.95. The van der Waals surface area contributed by atoms with Gasteiger partial charge in [-0.3, -0.25) is 9.59 Å². The predicted molar refractivity (Wildman–Crippen MR) is 80.7 cm³/mol. The van der Waals surface area contributed by atoms with Gasteiger partial charge >= 0.3 is 0 Å². The molecule has 0 atom stereocenters. The zero-order valence-corrected chi connectivity index (χ0v) is 12.1. The zero-order valence-electron chi connectivity index (χ0n) is 12.1. The average molecular weight is 286 g/mol. The molecule has 1 N–H and O–H groups in total. The van der Waals surface area contributed by atoms with E-state index in [1.807, 2.05) is 24.3 Å². The molecule has 0 aliphatic heterocycles. The number of likely N-dealkylation sites (N-methyl/N-ethyl adjacent to an activating group) is 1. The number of H-pyrrole nitrogens is 1. The van der Waals surface area contributed by atoms with Crippen LogP contribution in [-0.2, 0) is 6.42 Å². The normalized spacial score (nSPS) is 10.2. The number of rotatable bonds is 5. The van der Waals surface area contributed by atoms with Crippen molar-refractivity contribution in [2.75, 3.05) is 20.7 Å². The summed E-state index contributed by atoms with van der Waals surface area (Å²) >= 11 is 0. The molecule has 1 amide bonds. The number of benzene rings is 1. The number of hydrogen-bond donors (Lipinski definition) is 1. The lowest BCUT2D eigenvalue weighted by Gasteiger charge is -2.17. The van der Waals surface area contributed by atoms with Crippen LogP contribution >= 0.6 is 0 Å². The number of ether oxygens (including phenoxy) is 1. The highest BCUT2D eigenvalue weighted by Crippen LogP contribution is 2.12. The maximum Gasteiger partial charge on any atom is 0.255 e. The summed E-state index contributed by atoms with van der Waals surface area (Å²) in [4.78, 5) is 27.3. The SMILES string of the molecule is COc1ccc(CCN(C)C(=O)c2ccc(=O)[nH]c2)cc1. The van der Waals surface area contributed by atoms with Crippen LogP contribution < -0.4 is 10.3 Å². The van der Waals surface area contributed by atoms with Gasteiger partial charge < -0.3 is 14.6 Å². The van der Waals surface area contributed by atoms with Crippen LogP contribution in [0.3, 0.4) is 0 Å². The van der Waals surface area contributed by atoms with E-state index in [4.69, 9.17) is 4.74 Å². The molecule has 2 rings (SSSR count). The quantitative estimate of drug-likeness (QED) is 0.910. The van der Waals surface area contributed by atoms with Gasteiger partial charge in [0.25, 0.3) is 5.91 Å². The van der Waals surface area contributed by atoms with Gasteiger partial charge in [-0.25, -0.2) is 0 Å². The maximum atomic E-state index is 12.2. The molecule has 0 fully saturated rings. The molecule has 0 bridgehead atoms. The molecule has 110 valence electrons. The summed E-state index contributed by atoms with van der Waals surface area (Å²) in [5.74, 6) is 0.705. The van der Waals surface area contributed by atoms with E-state index < -0.39 is 0 Å². The molecule has 0 spiro atoms. The number of nitrogens with zero attached hydrogens (tertiary/aromatic N) is 1. The van der Waals surface area contributed by atoms with Crippen molar-refractivity contribution in [3.8, 4) is 5.75 Å². The monoisotopic (exact) mass is 286 g/mol. The minimum atomic E-state index is -0.215. The Kier molecular flexibility index (Phi) is 4.77. The van der Waals surface area contributed by atoms with Gasteiger partial charge in [0.2, 0.25) is 5.56 Å². The summed E-state index contributed by atoms with van der Waals surface area (Å²) in [6, 6.07) is 10.7. The number of carbonyl (C=O) groups is 1. The van der Waals surface area contributed by atoms with Crippen LogP contribution in [0, 0.1) is 0 Å². The van der Waals surface area contributed by atoms with Crippen molar-refractivity contribution >= 4 is 5.91 Å². The summed E-state index contributed by atoms with van der Waals surface area (Å²) < 4.78 is 5.11. The fourth-order valence-corrected chi connectivity index (χ4v) is 1.95. The first-order valence-electron chi connectivity index (χ1n) is 6.67. The van der Waals surface area contributed by atoms with Gasteiger partial charge in [-0.15, -0.1) is 0 Å². The number of hydrogen-bond acceptors (Lipinski definition) is 3. The van der Waals surface area contributed by atoms with Crippen molar-refractivity contribution in [3.05, 3.63) is 64.1 Å². The highest BCUT2D eigenvalue weighted by atomic mass is 16.5. The van der Waals surface area contributed by atoms with Crippen LogP contribution in [0.5, 0.6) is 5.75 Å². The lowest BCUT2D eigenvalue weighted by atomic mass is 10.1. The van der Waals surface area contributed by atoms with E-state index in [0.717, 1.165) is 17.7 Å². The second-order valence-electron chi connectivity index (χ2n) is 4.77. The molecular formula is C16H18N2O3. The van der Waals surface area contributed by atoms with E-state index in [0.29, 0.717) is 12.1 Å². The summed E-state index contributed by atoms with van der Waals surface area (Å²) in [6.07, 6.45) is 2.20. The lowest BCUT2D eigenvalue weighted by Crippen LogP contribution is -2.29. The molecule has 5 heteroatoms. The third-order valence-electron chi connectivity index (χ3n) is 3.27. The number of aromatic nitrogens is 1. The summed E-state index contributed by atoms with van der Waals surface area (Å²) in [5, 5.41) is 0. The minimum absolute atomic E-state index is 0.111. The summed E-state index contributed by atoms with van der Waals surface area (Å²) in [5.41, 5.74) is 1.40. The van der Waals surface area contributed by atoms with E-state index in [2.05, 4.69) is 4.98 Å². The minimum Gasteiger partial charge on any atom is -0.497 e. The van der Waals surface area contributed by atoms with Crippen molar-refractivity contribution in [1.82, 2.24) is 9.88 Å². The van der Waals surface area contributed by atoms with Gasteiger partial charge in [0, 0.05) is 25.9 Å². The lowest BCUT2D eigenvalue weighted by molar-refractivity contribution is 0.0796. The largest absolute Gasteiger partial charge is 0.497 e. The Labute approximate surface area is 123 Å². The molecule has 1 aromatic carbocycles. The van der Waals surface area contributed by atoms with Crippen molar-refractivity contribution in [2.24, 2.45) is 0 Å². The van der Waals surface area contributed by atoms with E-state index in [9.17, 15) is 9.59 Å². The zero-order chi connectivity index (χ0) is 15.2. The topological polar surface area (TPSA) is 62.4 Å². The van der Waals surface area contributed by atoms with Crippen LogP contribution in [0.4, 0.5) is 0 Å². The van der Waals surface area contributed by atoms with Crippen LogP contribution in [0.2, 0.25) is 0 Å². The summed E-state index contributed by atoms with van der Waals surface area (Å²) in [6.45, 7) is 0.601. The van der Waals surface area contributed by atoms with Gasteiger partial charge in [0.15, 0.2) is 0 Å². The molecule has 0 aliphatic rings. The molecule has 1 heterocycles. The highest BCUT2D eigenvalue weighted by Gasteiger charge is 2.11. The molecule has 0 unspecified atom stereocenters. The Morgan fingerprint density at radius 2 is 1.90 bits per heavy atom. The first kappa shape index (κ1) is 14.8.